The first-order chi connectivity index (χ1) is 8.31. The molecule has 0 saturated heterocycles. The van der Waals surface area contributed by atoms with E-state index in [2.05, 4.69) is 36.3 Å². The highest BCUT2D eigenvalue weighted by molar-refractivity contribution is 5.84. The number of nitrogens with two attached hydrogens (primary N) is 1. The third kappa shape index (κ3) is 6.93. The minimum absolute atomic E-state index is 0.278. The zero-order valence-corrected chi connectivity index (χ0v) is 12.6. The average Bonchev–Trinajstić information content (AvgIpc) is 2.27. The lowest BCUT2D eigenvalue weighted by atomic mass is 9.95. The van der Waals surface area contributed by atoms with Gasteiger partial charge in [0.15, 0.2) is 0 Å². The fraction of sp³-hybridized carbons (Fsp3) is 0.923. The van der Waals surface area contributed by atoms with E-state index in [9.17, 15) is 4.79 Å². The van der Waals surface area contributed by atoms with Crippen molar-refractivity contribution < 1.29 is 4.79 Å². The Morgan fingerprint density at radius 1 is 1.17 bits per heavy atom. The van der Waals surface area contributed by atoms with Gasteiger partial charge in [0.25, 0.3) is 0 Å². The minimum Gasteiger partial charge on any atom is -0.368 e. The number of nitrogens with one attached hydrogen (secondary N) is 1. The highest BCUT2D eigenvalue weighted by atomic mass is 16.1. The number of primary amides is 1. The van der Waals surface area contributed by atoms with Crippen molar-refractivity contribution in [2.24, 2.45) is 5.73 Å². The number of hydrogen-bond acceptors (Lipinski definition) is 4. The zero-order valence-electron chi connectivity index (χ0n) is 12.6. The van der Waals surface area contributed by atoms with Crippen molar-refractivity contribution in [1.29, 1.82) is 0 Å². The summed E-state index contributed by atoms with van der Waals surface area (Å²) in [7, 11) is 8.08. The molecule has 0 aromatic heterocycles. The van der Waals surface area contributed by atoms with Gasteiger partial charge in [-0.2, -0.15) is 0 Å². The van der Waals surface area contributed by atoms with Crippen molar-refractivity contribution in [2.75, 3.05) is 47.8 Å². The number of amides is 1. The van der Waals surface area contributed by atoms with Gasteiger partial charge in [0, 0.05) is 0 Å². The van der Waals surface area contributed by atoms with Gasteiger partial charge in [0.05, 0.1) is 5.54 Å². The summed E-state index contributed by atoms with van der Waals surface area (Å²) >= 11 is 0. The van der Waals surface area contributed by atoms with Crippen LogP contribution in [0.1, 0.15) is 26.2 Å². The summed E-state index contributed by atoms with van der Waals surface area (Å²) in [5.74, 6) is -0.278. The van der Waals surface area contributed by atoms with Crippen LogP contribution in [0.4, 0.5) is 0 Å². The van der Waals surface area contributed by atoms with Crippen LogP contribution in [0.5, 0.6) is 0 Å². The summed E-state index contributed by atoms with van der Waals surface area (Å²) in [5, 5.41) is 3.01. The molecule has 1 unspecified atom stereocenters. The van der Waals surface area contributed by atoms with Crippen LogP contribution < -0.4 is 11.1 Å². The van der Waals surface area contributed by atoms with Crippen LogP contribution in [-0.4, -0.2) is 69.1 Å². The predicted molar refractivity (Wildman–Crippen MR) is 76.6 cm³/mol. The number of likely N-dealkylation sites (N-methyl/N-ethyl adjacent to an activating group) is 1. The molecule has 0 aliphatic heterocycles. The molecule has 0 heterocycles. The standard InChI is InChI=1S/C13H30N4O/c1-13(15-2,12(14)18)8-6-10-17(5)11-7-9-16(3)4/h15H,6-11H2,1-5H3,(H2,14,18). The largest absolute Gasteiger partial charge is 0.368 e. The fourth-order valence-corrected chi connectivity index (χ4v) is 1.84. The van der Waals surface area contributed by atoms with Gasteiger partial charge < -0.3 is 20.9 Å². The maximum absolute atomic E-state index is 11.3. The van der Waals surface area contributed by atoms with E-state index >= 15 is 0 Å². The van der Waals surface area contributed by atoms with Gasteiger partial charge in [-0.05, 0) is 74.0 Å². The summed E-state index contributed by atoms with van der Waals surface area (Å²) < 4.78 is 0. The van der Waals surface area contributed by atoms with E-state index in [1.54, 1.807) is 7.05 Å². The Hall–Kier alpha value is -0.650. The molecule has 108 valence electrons. The summed E-state index contributed by atoms with van der Waals surface area (Å²) in [6.07, 6.45) is 2.91. The quantitative estimate of drug-likeness (QED) is 0.584. The van der Waals surface area contributed by atoms with Crippen LogP contribution in [0, 0.1) is 0 Å². The first-order valence-electron chi connectivity index (χ1n) is 6.64. The Morgan fingerprint density at radius 3 is 2.17 bits per heavy atom. The van der Waals surface area contributed by atoms with Gasteiger partial charge in [0.2, 0.25) is 5.91 Å². The Balaban J connectivity index is 3.79. The summed E-state index contributed by atoms with van der Waals surface area (Å²) in [6.45, 7) is 5.06. The summed E-state index contributed by atoms with van der Waals surface area (Å²) in [5.41, 5.74) is 4.81. The molecule has 1 amide bonds. The Kier molecular flexibility index (Phi) is 8.15. The molecule has 0 saturated carbocycles. The molecule has 3 N–H and O–H groups in total. The van der Waals surface area contributed by atoms with Gasteiger partial charge in [-0.25, -0.2) is 0 Å². The van der Waals surface area contributed by atoms with E-state index < -0.39 is 5.54 Å². The SMILES string of the molecule is CNC(C)(CCCN(C)CCCN(C)C)C(N)=O. The Labute approximate surface area is 112 Å². The molecule has 0 aromatic rings. The molecular weight excluding hydrogens is 228 g/mol. The van der Waals surface area contributed by atoms with Crippen LogP contribution >= 0.6 is 0 Å². The number of carbonyl (C=O) groups excluding carboxylic acids is 1. The molecule has 0 rings (SSSR count). The highest BCUT2D eigenvalue weighted by Gasteiger charge is 2.28. The fourth-order valence-electron chi connectivity index (χ4n) is 1.84. The second kappa shape index (κ2) is 8.45. The van der Waals surface area contributed by atoms with E-state index in [1.807, 2.05) is 6.92 Å². The highest BCUT2D eigenvalue weighted by Crippen LogP contribution is 2.11. The van der Waals surface area contributed by atoms with Crippen molar-refractivity contribution >= 4 is 5.91 Å². The zero-order chi connectivity index (χ0) is 14.2. The third-order valence-corrected chi connectivity index (χ3v) is 3.46. The molecule has 1 atom stereocenters. The topological polar surface area (TPSA) is 61.6 Å². The van der Waals surface area contributed by atoms with Crippen LogP contribution in [0.15, 0.2) is 0 Å². The Bertz CT molecular complexity index is 245. The van der Waals surface area contributed by atoms with Crippen molar-refractivity contribution in [3.05, 3.63) is 0 Å². The van der Waals surface area contributed by atoms with Crippen LogP contribution in [0.3, 0.4) is 0 Å². The summed E-state index contributed by atoms with van der Waals surface area (Å²) in [4.78, 5) is 15.8. The van der Waals surface area contributed by atoms with Crippen LogP contribution in [0.2, 0.25) is 0 Å². The van der Waals surface area contributed by atoms with Gasteiger partial charge in [-0.1, -0.05) is 0 Å². The van der Waals surface area contributed by atoms with E-state index in [-0.39, 0.29) is 5.91 Å². The Morgan fingerprint density at radius 2 is 1.72 bits per heavy atom. The third-order valence-electron chi connectivity index (χ3n) is 3.46. The molecule has 0 radical (unpaired) electrons. The van der Waals surface area contributed by atoms with Crippen molar-refractivity contribution in [3.63, 3.8) is 0 Å². The number of nitrogens with zero attached hydrogens (tertiary/aromatic N) is 2. The maximum Gasteiger partial charge on any atom is 0.237 e. The smallest absolute Gasteiger partial charge is 0.237 e. The number of carbonyl (C=O) groups is 1. The lowest BCUT2D eigenvalue weighted by Gasteiger charge is -2.26. The van der Waals surface area contributed by atoms with E-state index in [0.29, 0.717) is 0 Å². The molecule has 0 aliphatic carbocycles. The van der Waals surface area contributed by atoms with Gasteiger partial charge in [0.1, 0.15) is 0 Å². The molecule has 5 heteroatoms. The molecule has 0 aliphatic rings. The first-order valence-corrected chi connectivity index (χ1v) is 6.64. The molecule has 5 nitrogen and oxygen atoms in total. The molecule has 0 spiro atoms. The van der Waals surface area contributed by atoms with Crippen molar-refractivity contribution in [1.82, 2.24) is 15.1 Å². The van der Waals surface area contributed by atoms with E-state index in [1.165, 1.54) is 6.42 Å². The second-order valence-corrected chi connectivity index (χ2v) is 5.51. The molecular formula is C13H30N4O. The van der Waals surface area contributed by atoms with E-state index in [0.717, 1.165) is 32.5 Å². The molecule has 0 bridgehead atoms. The molecule has 0 fully saturated rings. The summed E-state index contributed by atoms with van der Waals surface area (Å²) in [6, 6.07) is 0. The maximum atomic E-state index is 11.3. The second-order valence-electron chi connectivity index (χ2n) is 5.51. The van der Waals surface area contributed by atoms with Gasteiger partial charge >= 0.3 is 0 Å². The molecule has 0 aromatic carbocycles. The van der Waals surface area contributed by atoms with Crippen molar-refractivity contribution in [3.8, 4) is 0 Å². The van der Waals surface area contributed by atoms with E-state index in [4.69, 9.17) is 5.73 Å². The first kappa shape index (κ1) is 17.4. The normalized spacial score (nSPS) is 15.1. The average molecular weight is 258 g/mol. The van der Waals surface area contributed by atoms with Gasteiger partial charge in [-0.3, -0.25) is 4.79 Å². The number of rotatable bonds is 10. The van der Waals surface area contributed by atoms with Crippen LogP contribution in [0.25, 0.3) is 0 Å². The predicted octanol–water partition coefficient (Wildman–Crippen LogP) is 0.114. The lowest BCUT2D eigenvalue weighted by Crippen LogP contribution is -2.51. The van der Waals surface area contributed by atoms with Crippen molar-refractivity contribution in [2.45, 2.75) is 31.7 Å². The monoisotopic (exact) mass is 258 g/mol. The lowest BCUT2D eigenvalue weighted by molar-refractivity contribution is -0.123. The minimum atomic E-state index is -0.579. The number of hydrogen-bond donors (Lipinski definition) is 2. The van der Waals surface area contributed by atoms with Gasteiger partial charge in [-0.15, -0.1) is 0 Å². The molecule has 18 heavy (non-hydrogen) atoms. The van der Waals surface area contributed by atoms with Crippen LogP contribution in [-0.2, 0) is 4.79 Å².